The van der Waals surface area contributed by atoms with Crippen LogP contribution >= 0.6 is 0 Å². The van der Waals surface area contributed by atoms with Gasteiger partial charge in [-0.15, -0.1) is 0 Å². The highest BCUT2D eigenvalue weighted by Crippen LogP contribution is 2.22. The smallest absolute Gasteiger partial charge is 0.269 e. The zero-order chi connectivity index (χ0) is 15.5. The Balaban J connectivity index is 1.91. The van der Waals surface area contributed by atoms with E-state index >= 15 is 0 Å². The van der Waals surface area contributed by atoms with Crippen LogP contribution in [0, 0.1) is 11.3 Å². The van der Waals surface area contributed by atoms with Gasteiger partial charge in [0.1, 0.15) is 11.8 Å². The zero-order valence-corrected chi connectivity index (χ0v) is 11.9. The van der Waals surface area contributed by atoms with Crippen LogP contribution in [0.4, 0.5) is 0 Å². The average molecular weight is 291 g/mol. The van der Waals surface area contributed by atoms with E-state index in [1.54, 1.807) is 18.6 Å². The first-order valence-electron chi connectivity index (χ1n) is 6.78. The number of nitrogens with one attached hydrogen (secondary N) is 2. The minimum atomic E-state index is -0.342. The summed E-state index contributed by atoms with van der Waals surface area (Å²) in [6, 6.07) is 9.12. The number of benzene rings is 1. The third-order valence-corrected chi connectivity index (χ3v) is 3.42. The summed E-state index contributed by atoms with van der Waals surface area (Å²) < 4.78 is 0. The lowest BCUT2D eigenvalue weighted by atomic mass is 10.1. The van der Waals surface area contributed by atoms with Crippen molar-refractivity contribution in [3.05, 3.63) is 59.8 Å². The van der Waals surface area contributed by atoms with Crippen LogP contribution in [0.2, 0.25) is 0 Å². The van der Waals surface area contributed by atoms with Crippen molar-refractivity contribution >= 4 is 16.8 Å². The summed E-state index contributed by atoms with van der Waals surface area (Å²) in [4.78, 5) is 23.6. The third kappa shape index (κ3) is 2.40. The van der Waals surface area contributed by atoms with Gasteiger partial charge in [0.05, 0.1) is 23.5 Å². The van der Waals surface area contributed by atoms with Crippen LogP contribution in [-0.2, 0) is 0 Å². The number of rotatable bonds is 3. The van der Waals surface area contributed by atoms with Crippen molar-refractivity contribution in [1.29, 1.82) is 5.26 Å². The normalized spacial score (nSPS) is 11.8. The number of aromatic amines is 1. The Morgan fingerprint density at radius 2 is 2.18 bits per heavy atom. The highest BCUT2D eigenvalue weighted by molar-refractivity contribution is 6.02. The molecule has 0 bridgehead atoms. The van der Waals surface area contributed by atoms with Gasteiger partial charge in [-0.2, -0.15) is 5.26 Å². The number of nitrogens with zero attached hydrogens (tertiary/aromatic N) is 3. The molecule has 22 heavy (non-hydrogen) atoms. The molecule has 1 aromatic carbocycles. The molecule has 0 aliphatic heterocycles. The van der Waals surface area contributed by atoms with Gasteiger partial charge >= 0.3 is 0 Å². The number of hydrogen-bond acceptors (Lipinski definition) is 4. The van der Waals surface area contributed by atoms with Crippen molar-refractivity contribution in [2.75, 3.05) is 0 Å². The minimum absolute atomic E-state index is 0.263. The van der Waals surface area contributed by atoms with Gasteiger partial charge in [-0.1, -0.05) is 18.2 Å². The molecule has 6 heteroatoms. The molecule has 1 atom stereocenters. The lowest BCUT2D eigenvalue weighted by Gasteiger charge is -2.12. The van der Waals surface area contributed by atoms with Crippen LogP contribution in [0.5, 0.6) is 0 Å². The average Bonchev–Trinajstić information content (AvgIpc) is 2.94. The number of carbonyl (C=O) groups excluding carboxylic acids is 1. The van der Waals surface area contributed by atoms with E-state index in [0.717, 1.165) is 10.9 Å². The van der Waals surface area contributed by atoms with E-state index in [1.807, 2.05) is 31.2 Å². The molecule has 0 radical (unpaired) electrons. The molecule has 0 spiro atoms. The molecular formula is C16H13N5O. The van der Waals surface area contributed by atoms with E-state index in [1.165, 1.54) is 0 Å². The highest BCUT2D eigenvalue weighted by atomic mass is 16.1. The summed E-state index contributed by atoms with van der Waals surface area (Å²) in [7, 11) is 0. The fourth-order valence-corrected chi connectivity index (χ4v) is 2.31. The van der Waals surface area contributed by atoms with Gasteiger partial charge in [0.15, 0.2) is 0 Å². The molecule has 2 aromatic heterocycles. The SMILES string of the molecule is CC(NC(=O)c1[nH]c2ccccc2c1C#N)c1cnccn1. The number of aromatic nitrogens is 3. The molecule has 0 saturated carbocycles. The number of fused-ring (bicyclic) bond motifs is 1. The van der Waals surface area contributed by atoms with E-state index in [0.29, 0.717) is 11.3 Å². The standard InChI is InChI=1S/C16H13N5O/c1-10(14-9-18-6-7-19-14)20-16(22)15-12(8-17)11-4-2-3-5-13(11)21-15/h2-7,9-10,21H,1H3,(H,20,22). The van der Waals surface area contributed by atoms with Gasteiger partial charge in [0, 0.05) is 23.3 Å². The molecule has 0 saturated heterocycles. The van der Waals surface area contributed by atoms with Gasteiger partial charge in [0.25, 0.3) is 5.91 Å². The monoisotopic (exact) mass is 291 g/mol. The van der Waals surface area contributed by atoms with E-state index in [9.17, 15) is 10.1 Å². The summed E-state index contributed by atoms with van der Waals surface area (Å²) >= 11 is 0. The van der Waals surface area contributed by atoms with Crippen LogP contribution in [0.25, 0.3) is 10.9 Å². The molecule has 2 heterocycles. The molecule has 108 valence electrons. The van der Waals surface area contributed by atoms with Crippen molar-refractivity contribution in [2.45, 2.75) is 13.0 Å². The number of carbonyl (C=O) groups is 1. The maximum absolute atomic E-state index is 12.4. The van der Waals surface area contributed by atoms with Crippen LogP contribution in [0.3, 0.4) is 0 Å². The molecule has 1 amide bonds. The van der Waals surface area contributed by atoms with Gasteiger partial charge in [0.2, 0.25) is 0 Å². The van der Waals surface area contributed by atoms with E-state index in [-0.39, 0.29) is 17.6 Å². The Morgan fingerprint density at radius 1 is 1.36 bits per heavy atom. The summed E-state index contributed by atoms with van der Waals surface area (Å²) in [5, 5.41) is 12.9. The molecule has 0 aliphatic carbocycles. The predicted octanol–water partition coefficient (Wildman–Crippen LogP) is 2.32. The van der Waals surface area contributed by atoms with Crippen molar-refractivity contribution in [3.63, 3.8) is 0 Å². The second-order valence-corrected chi connectivity index (χ2v) is 4.86. The summed E-state index contributed by atoms with van der Waals surface area (Å²) in [6.45, 7) is 1.82. The Morgan fingerprint density at radius 3 is 2.91 bits per heavy atom. The molecule has 3 rings (SSSR count). The van der Waals surface area contributed by atoms with E-state index < -0.39 is 0 Å². The van der Waals surface area contributed by atoms with Crippen molar-refractivity contribution < 1.29 is 4.79 Å². The minimum Gasteiger partial charge on any atom is -0.349 e. The predicted molar refractivity (Wildman–Crippen MR) is 80.9 cm³/mol. The summed E-state index contributed by atoms with van der Waals surface area (Å²) in [5.41, 5.74) is 2.03. The fourth-order valence-electron chi connectivity index (χ4n) is 2.31. The Labute approximate surface area is 126 Å². The van der Waals surface area contributed by atoms with Crippen molar-refractivity contribution in [2.24, 2.45) is 0 Å². The Hall–Kier alpha value is -3.20. The second kappa shape index (κ2) is 5.66. The van der Waals surface area contributed by atoms with Crippen LogP contribution in [-0.4, -0.2) is 20.9 Å². The Kier molecular flexibility index (Phi) is 3.54. The maximum atomic E-state index is 12.4. The lowest BCUT2D eigenvalue weighted by Crippen LogP contribution is -2.28. The third-order valence-electron chi connectivity index (χ3n) is 3.42. The van der Waals surface area contributed by atoms with Crippen molar-refractivity contribution in [3.8, 4) is 6.07 Å². The topological polar surface area (TPSA) is 94.5 Å². The number of H-pyrrole nitrogens is 1. The zero-order valence-electron chi connectivity index (χ0n) is 11.9. The van der Waals surface area contributed by atoms with Crippen molar-refractivity contribution in [1.82, 2.24) is 20.3 Å². The van der Waals surface area contributed by atoms with Gasteiger partial charge in [-0.3, -0.25) is 14.8 Å². The highest BCUT2D eigenvalue weighted by Gasteiger charge is 2.19. The Bertz CT molecular complexity index is 863. The van der Waals surface area contributed by atoms with E-state index in [4.69, 9.17) is 0 Å². The number of nitriles is 1. The molecule has 0 fully saturated rings. The molecule has 2 N–H and O–H groups in total. The molecule has 1 unspecified atom stereocenters. The molecule has 0 aliphatic rings. The first-order chi connectivity index (χ1) is 10.7. The first-order valence-corrected chi connectivity index (χ1v) is 6.78. The largest absolute Gasteiger partial charge is 0.349 e. The number of hydrogen-bond donors (Lipinski definition) is 2. The van der Waals surface area contributed by atoms with Crippen LogP contribution < -0.4 is 5.32 Å². The molecular weight excluding hydrogens is 278 g/mol. The summed E-state index contributed by atoms with van der Waals surface area (Å²) in [5.74, 6) is -0.342. The first kappa shape index (κ1) is 13.8. The number of amides is 1. The van der Waals surface area contributed by atoms with Gasteiger partial charge in [-0.25, -0.2) is 0 Å². The number of para-hydroxylation sites is 1. The lowest BCUT2D eigenvalue weighted by molar-refractivity contribution is 0.0934. The molecule has 6 nitrogen and oxygen atoms in total. The maximum Gasteiger partial charge on any atom is 0.269 e. The second-order valence-electron chi connectivity index (χ2n) is 4.86. The van der Waals surface area contributed by atoms with E-state index in [2.05, 4.69) is 26.3 Å². The van der Waals surface area contributed by atoms with Crippen LogP contribution in [0.1, 0.15) is 34.7 Å². The van der Waals surface area contributed by atoms with Gasteiger partial charge in [-0.05, 0) is 13.0 Å². The summed E-state index contributed by atoms with van der Waals surface area (Å²) in [6.07, 6.45) is 4.74. The fraction of sp³-hybridized carbons (Fsp3) is 0.125. The van der Waals surface area contributed by atoms with Crippen LogP contribution in [0.15, 0.2) is 42.9 Å². The quantitative estimate of drug-likeness (QED) is 0.774. The molecule has 3 aromatic rings. The van der Waals surface area contributed by atoms with Gasteiger partial charge < -0.3 is 10.3 Å².